The van der Waals surface area contributed by atoms with E-state index in [-0.39, 0.29) is 5.75 Å². The number of alkyl halides is 3. The molecular formula is C25H17F3N2O. The van der Waals surface area contributed by atoms with E-state index in [1.54, 1.807) is 18.2 Å². The van der Waals surface area contributed by atoms with Gasteiger partial charge in [-0.15, -0.1) is 6.58 Å². The van der Waals surface area contributed by atoms with Crippen molar-refractivity contribution in [1.29, 1.82) is 5.26 Å². The lowest BCUT2D eigenvalue weighted by molar-refractivity contribution is -0.137. The lowest BCUT2D eigenvalue weighted by Crippen LogP contribution is -2.07. The predicted octanol–water partition coefficient (Wildman–Crippen LogP) is 7.04. The lowest BCUT2D eigenvalue weighted by Gasteiger charge is -2.12. The molecule has 0 radical (unpaired) electrons. The van der Waals surface area contributed by atoms with Crippen LogP contribution in [0, 0.1) is 11.3 Å². The molecule has 0 saturated carbocycles. The van der Waals surface area contributed by atoms with Crippen molar-refractivity contribution in [2.45, 2.75) is 12.6 Å². The van der Waals surface area contributed by atoms with Crippen molar-refractivity contribution >= 4 is 10.9 Å². The number of nitriles is 1. The Morgan fingerprint density at radius 2 is 1.71 bits per heavy atom. The molecule has 0 aliphatic heterocycles. The molecule has 0 fully saturated rings. The van der Waals surface area contributed by atoms with E-state index in [2.05, 4.69) is 23.4 Å². The molecule has 0 unspecified atom stereocenters. The highest BCUT2D eigenvalue weighted by atomic mass is 19.4. The van der Waals surface area contributed by atoms with Crippen molar-refractivity contribution in [3.05, 3.63) is 102 Å². The average Bonchev–Trinajstić information content (AvgIpc) is 3.12. The number of hydrogen-bond donors (Lipinski definition) is 0. The fourth-order valence-electron chi connectivity index (χ4n) is 3.52. The minimum atomic E-state index is -4.59. The zero-order valence-electron chi connectivity index (χ0n) is 16.4. The van der Waals surface area contributed by atoms with E-state index in [1.165, 1.54) is 11.6 Å². The maximum Gasteiger partial charge on any atom is 0.417 e. The Bertz CT molecular complexity index is 1300. The number of ether oxygens (including phenoxy) is 1. The zero-order chi connectivity index (χ0) is 22.0. The lowest BCUT2D eigenvalue weighted by atomic mass is 10.1. The van der Waals surface area contributed by atoms with Crippen LogP contribution in [0.1, 0.15) is 16.7 Å². The number of rotatable bonds is 5. The summed E-state index contributed by atoms with van der Waals surface area (Å²) in [5.41, 5.74) is 1.70. The molecule has 4 rings (SSSR count). The third kappa shape index (κ3) is 4.03. The van der Waals surface area contributed by atoms with E-state index < -0.39 is 17.3 Å². The summed E-state index contributed by atoms with van der Waals surface area (Å²) < 4.78 is 46.6. The molecule has 3 nitrogen and oxygen atoms in total. The van der Waals surface area contributed by atoms with Crippen molar-refractivity contribution in [3.8, 4) is 23.3 Å². The summed E-state index contributed by atoms with van der Waals surface area (Å²) in [4.78, 5) is 0. The molecule has 4 aromatic rings. The highest BCUT2D eigenvalue weighted by Gasteiger charge is 2.33. The maximum absolute atomic E-state index is 13.0. The maximum atomic E-state index is 13.0. The van der Waals surface area contributed by atoms with Gasteiger partial charge in [0.05, 0.1) is 22.7 Å². The highest BCUT2D eigenvalue weighted by molar-refractivity contribution is 5.85. The van der Waals surface area contributed by atoms with Crippen LogP contribution in [0.25, 0.3) is 16.6 Å². The van der Waals surface area contributed by atoms with Crippen molar-refractivity contribution in [2.75, 3.05) is 0 Å². The number of para-hydroxylation sites is 1. The van der Waals surface area contributed by atoms with Crippen LogP contribution in [0.4, 0.5) is 13.2 Å². The van der Waals surface area contributed by atoms with Gasteiger partial charge in [-0.3, -0.25) is 0 Å². The van der Waals surface area contributed by atoms with Gasteiger partial charge >= 0.3 is 6.18 Å². The van der Waals surface area contributed by atoms with Gasteiger partial charge in [-0.1, -0.05) is 24.3 Å². The quantitative estimate of drug-likeness (QED) is 0.326. The van der Waals surface area contributed by atoms with Crippen molar-refractivity contribution in [2.24, 2.45) is 0 Å². The highest BCUT2D eigenvalue weighted by Crippen LogP contribution is 2.35. The molecule has 0 N–H and O–H groups in total. The van der Waals surface area contributed by atoms with Crippen LogP contribution in [0.2, 0.25) is 0 Å². The minimum absolute atomic E-state index is 0.164. The molecule has 154 valence electrons. The molecule has 0 atom stereocenters. The van der Waals surface area contributed by atoms with Gasteiger partial charge in [-0.25, -0.2) is 0 Å². The first-order valence-electron chi connectivity index (χ1n) is 9.50. The summed E-state index contributed by atoms with van der Waals surface area (Å²) in [6, 6.07) is 20.0. The van der Waals surface area contributed by atoms with Crippen LogP contribution in [-0.4, -0.2) is 4.57 Å². The number of hydrogen-bond acceptors (Lipinski definition) is 2. The SMILES string of the molecule is C=CCc1cn(-c2ccc(Oc3ccc(C(F)(F)F)c(C#N)c3)cc2)c2ccccc12. The minimum Gasteiger partial charge on any atom is -0.457 e. The second kappa shape index (κ2) is 8.04. The molecule has 0 aliphatic carbocycles. The van der Waals surface area contributed by atoms with Crippen LogP contribution in [0.15, 0.2) is 85.6 Å². The standard InChI is InChI=1S/C25H17F3N2O/c1-2-5-17-16-30(24-7-4-3-6-22(17)24)19-8-10-20(11-9-19)31-21-12-13-23(25(26,27)28)18(14-21)15-29/h2-4,6-14,16H,1,5H2. The Kier molecular flexibility index (Phi) is 5.26. The van der Waals surface area contributed by atoms with Crippen LogP contribution in [0.3, 0.4) is 0 Å². The normalized spacial score (nSPS) is 11.3. The van der Waals surface area contributed by atoms with Gasteiger partial charge in [0.1, 0.15) is 11.5 Å². The van der Waals surface area contributed by atoms with E-state index in [1.807, 2.05) is 36.4 Å². The summed E-state index contributed by atoms with van der Waals surface area (Å²) >= 11 is 0. The molecule has 0 bridgehead atoms. The van der Waals surface area contributed by atoms with Gasteiger partial charge in [0.2, 0.25) is 0 Å². The first-order valence-corrected chi connectivity index (χ1v) is 9.50. The van der Waals surface area contributed by atoms with Crippen LogP contribution in [-0.2, 0) is 12.6 Å². The molecule has 31 heavy (non-hydrogen) atoms. The molecule has 0 amide bonds. The van der Waals surface area contributed by atoms with Crippen LogP contribution < -0.4 is 4.74 Å². The molecule has 6 heteroatoms. The van der Waals surface area contributed by atoms with Gasteiger partial charge in [0.15, 0.2) is 0 Å². The Hall–Kier alpha value is -3.98. The summed E-state index contributed by atoms with van der Waals surface area (Å²) in [5, 5.41) is 10.2. The fourth-order valence-corrected chi connectivity index (χ4v) is 3.52. The summed E-state index contributed by atoms with van der Waals surface area (Å²) in [5.74, 6) is 0.618. The Labute approximate surface area is 177 Å². The number of nitrogens with zero attached hydrogens (tertiary/aromatic N) is 2. The molecule has 0 spiro atoms. The van der Waals surface area contributed by atoms with Gasteiger partial charge in [0.25, 0.3) is 0 Å². The summed E-state index contributed by atoms with van der Waals surface area (Å²) in [7, 11) is 0. The monoisotopic (exact) mass is 418 g/mol. The second-order valence-electron chi connectivity index (χ2n) is 6.95. The second-order valence-corrected chi connectivity index (χ2v) is 6.95. The molecule has 1 aromatic heterocycles. The zero-order valence-corrected chi connectivity index (χ0v) is 16.4. The number of fused-ring (bicyclic) bond motifs is 1. The Morgan fingerprint density at radius 1 is 1.00 bits per heavy atom. The number of benzene rings is 3. The first kappa shape index (κ1) is 20.3. The third-order valence-electron chi connectivity index (χ3n) is 4.93. The molecule has 3 aromatic carbocycles. The average molecular weight is 418 g/mol. The number of allylic oxidation sites excluding steroid dienone is 1. The Balaban J connectivity index is 1.62. The first-order chi connectivity index (χ1) is 14.9. The van der Waals surface area contributed by atoms with Crippen LogP contribution >= 0.6 is 0 Å². The third-order valence-corrected chi connectivity index (χ3v) is 4.93. The van der Waals surface area contributed by atoms with Gasteiger partial charge in [0, 0.05) is 17.3 Å². The molecule has 1 heterocycles. The van der Waals surface area contributed by atoms with E-state index in [0.717, 1.165) is 35.1 Å². The van der Waals surface area contributed by atoms with Crippen molar-refractivity contribution in [3.63, 3.8) is 0 Å². The van der Waals surface area contributed by atoms with E-state index in [0.29, 0.717) is 5.75 Å². The van der Waals surface area contributed by atoms with Gasteiger partial charge < -0.3 is 9.30 Å². The summed E-state index contributed by atoms with van der Waals surface area (Å²) in [6.07, 6.45) is 0.0962. The predicted molar refractivity (Wildman–Crippen MR) is 113 cm³/mol. The molecule has 0 saturated heterocycles. The van der Waals surface area contributed by atoms with Crippen molar-refractivity contribution in [1.82, 2.24) is 4.57 Å². The van der Waals surface area contributed by atoms with E-state index >= 15 is 0 Å². The van der Waals surface area contributed by atoms with Gasteiger partial charge in [-0.05, 0) is 60.5 Å². The smallest absolute Gasteiger partial charge is 0.417 e. The molecule has 0 aliphatic rings. The van der Waals surface area contributed by atoms with E-state index in [4.69, 9.17) is 10.00 Å². The fraction of sp³-hybridized carbons (Fsp3) is 0.0800. The topological polar surface area (TPSA) is 38.0 Å². The van der Waals surface area contributed by atoms with Crippen LogP contribution in [0.5, 0.6) is 11.5 Å². The number of aromatic nitrogens is 1. The van der Waals surface area contributed by atoms with E-state index in [9.17, 15) is 13.2 Å². The largest absolute Gasteiger partial charge is 0.457 e. The summed E-state index contributed by atoms with van der Waals surface area (Å²) in [6.45, 7) is 3.82. The molecular weight excluding hydrogens is 401 g/mol. The number of halogens is 3. The van der Waals surface area contributed by atoms with Gasteiger partial charge in [-0.2, -0.15) is 18.4 Å². The van der Waals surface area contributed by atoms with Crippen molar-refractivity contribution < 1.29 is 17.9 Å². The Morgan fingerprint density at radius 3 is 2.39 bits per heavy atom.